The minimum absolute atomic E-state index is 0.0297. The van der Waals surface area contributed by atoms with E-state index in [4.69, 9.17) is 9.47 Å². The van der Waals surface area contributed by atoms with Crippen molar-refractivity contribution in [1.82, 2.24) is 5.32 Å². The predicted molar refractivity (Wildman–Crippen MR) is 73.0 cm³/mol. The number of carbonyl (C=O) groups is 1. The molecule has 0 saturated carbocycles. The van der Waals surface area contributed by atoms with Gasteiger partial charge in [0.2, 0.25) is 0 Å². The molecule has 0 aliphatic carbocycles. The lowest BCUT2D eigenvalue weighted by atomic mass is 9.98. The molecule has 1 amide bonds. The summed E-state index contributed by atoms with van der Waals surface area (Å²) in [7, 11) is 0. The summed E-state index contributed by atoms with van der Waals surface area (Å²) in [6.45, 7) is 7.53. The van der Waals surface area contributed by atoms with Crippen LogP contribution in [0.15, 0.2) is 18.2 Å². The summed E-state index contributed by atoms with van der Waals surface area (Å²) in [5, 5.41) is 2.99. The van der Waals surface area contributed by atoms with Crippen molar-refractivity contribution >= 4 is 5.91 Å². The fourth-order valence-corrected chi connectivity index (χ4v) is 2.27. The monoisotopic (exact) mass is 263 g/mol. The summed E-state index contributed by atoms with van der Waals surface area (Å²) >= 11 is 0. The second kappa shape index (κ2) is 6.17. The number of amides is 1. The fourth-order valence-electron chi connectivity index (χ4n) is 2.27. The molecule has 0 radical (unpaired) electrons. The van der Waals surface area contributed by atoms with Crippen LogP contribution in [-0.4, -0.2) is 31.8 Å². The number of hydrogen-bond acceptors (Lipinski definition) is 3. The molecule has 1 heterocycles. The van der Waals surface area contributed by atoms with E-state index in [0.717, 1.165) is 5.56 Å². The van der Waals surface area contributed by atoms with Crippen LogP contribution in [0.1, 0.15) is 29.7 Å². The Morgan fingerprint density at radius 3 is 2.84 bits per heavy atom. The quantitative estimate of drug-likeness (QED) is 0.906. The van der Waals surface area contributed by atoms with Crippen molar-refractivity contribution in [3.8, 4) is 0 Å². The summed E-state index contributed by atoms with van der Waals surface area (Å²) < 4.78 is 10.6. The van der Waals surface area contributed by atoms with Crippen LogP contribution in [0, 0.1) is 13.8 Å². The maximum absolute atomic E-state index is 12.1. The normalized spacial score (nSPS) is 20.9. The first kappa shape index (κ1) is 14.0. The smallest absolute Gasteiger partial charge is 0.252 e. The van der Waals surface area contributed by atoms with E-state index in [1.807, 2.05) is 19.1 Å². The highest BCUT2D eigenvalue weighted by molar-refractivity contribution is 5.81. The topological polar surface area (TPSA) is 47.6 Å². The van der Waals surface area contributed by atoms with E-state index < -0.39 is 6.10 Å². The molecule has 1 aromatic carbocycles. The Kier molecular flexibility index (Phi) is 4.56. The van der Waals surface area contributed by atoms with Gasteiger partial charge >= 0.3 is 0 Å². The van der Waals surface area contributed by atoms with Crippen molar-refractivity contribution in [2.24, 2.45) is 0 Å². The van der Waals surface area contributed by atoms with Gasteiger partial charge in [0.1, 0.15) is 0 Å². The van der Waals surface area contributed by atoms with Gasteiger partial charge in [-0.3, -0.25) is 4.79 Å². The van der Waals surface area contributed by atoms with Crippen molar-refractivity contribution in [3.63, 3.8) is 0 Å². The molecule has 4 nitrogen and oxygen atoms in total. The lowest BCUT2D eigenvalue weighted by Crippen LogP contribution is -2.43. The molecule has 1 aliphatic heterocycles. The van der Waals surface area contributed by atoms with Crippen molar-refractivity contribution in [1.29, 1.82) is 0 Å². The lowest BCUT2D eigenvalue weighted by Gasteiger charge is -2.25. The Morgan fingerprint density at radius 2 is 2.16 bits per heavy atom. The van der Waals surface area contributed by atoms with Crippen LogP contribution in [-0.2, 0) is 14.3 Å². The summed E-state index contributed by atoms with van der Waals surface area (Å²) in [6.07, 6.45) is -0.485. The molecule has 2 atom stereocenters. The zero-order valence-electron chi connectivity index (χ0n) is 11.7. The van der Waals surface area contributed by atoms with E-state index in [9.17, 15) is 4.79 Å². The molecule has 2 rings (SSSR count). The van der Waals surface area contributed by atoms with Crippen molar-refractivity contribution in [2.75, 3.05) is 19.8 Å². The van der Waals surface area contributed by atoms with Crippen LogP contribution in [0.5, 0.6) is 0 Å². The average molecular weight is 263 g/mol. The van der Waals surface area contributed by atoms with Crippen LogP contribution in [0.3, 0.4) is 0 Å². The van der Waals surface area contributed by atoms with Gasteiger partial charge in [-0.15, -0.1) is 0 Å². The first-order valence-corrected chi connectivity index (χ1v) is 6.65. The van der Waals surface area contributed by atoms with Crippen molar-refractivity contribution in [3.05, 3.63) is 34.9 Å². The van der Waals surface area contributed by atoms with Gasteiger partial charge in [0.05, 0.1) is 25.9 Å². The van der Waals surface area contributed by atoms with Crippen molar-refractivity contribution in [2.45, 2.75) is 32.9 Å². The molecule has 4 heteroatoms. The van der Waals surface area contributed by atoms with Gasteiger partial charge in [-0.1, -0.05) is 18.2 Å². The van der Waals surface area contributed by atoms with Crippen LogP contribution in [0.2, 0.25) is 0 Å². The molecule has 1 N–H and O–H groups in total. The third-order valence-electron chi connectivity index (χ3n) is 3.58. The third-order valence-corrected chi connectivity index (χ3v) is 3.58. The zero-order valence-corrected chi connectivity index (χ0v) is 11.7. The summed E-state index contributed by atoms with van der Waals surface area (Å²) in [5.74, 6) is -0.104. The molecular weight excluding hydrogens is 242 g/mol. The van der Waals surface area contributed by atoms with Crippen molar-refractivity contribution < 1.29 is 14.3 Å². The lowest BCUT2D eigenvalue weighted by molar-refractivity contribution is -0.148. The number of rotatable bonds is 3. The summed E-state index contributed by atoms with van der Waals surface area (Å²) in [4.78, 5) is 12.1. The standard InChI is InChI=1S/C15H21NO3/c1-10-5-4-6-13(11(10)2)12(3)16-15(17)14-9-18-7-8-19-14/h4-6,12,14H,7-9H2,1-3H3,(H,16,17). The predicted octanol–water partition coefficient (Wildman–Crippen LogP) is 1.90. The van der Waals surface area contributed by atoms with Crippen LogP contribution in [0.25, 0.3) is 0 Å². The van der Waals surface area contributed by atoms with Gasteiger partial charge < -0.3 is 14.8 Å². The first-order valence-electron chi connectivity index (χ1n) is 6.65. The molecule has 1 fully saturated rings. The minimum atomic E-state index is -0.485. The molecule has 1 aromatic rings. The molecule has 2 unspecified atom stereocenters. The molecule has 19 heavy (non-hydrogen) atoms. The Bertz CT molecular complexity index is 453. The average Bonchev–Trinajstić information content (AvgIpc) is 2.42. The molecular formula is C15H21NO3. The van der Waals surface area contributed by atoms with Gasteiger partial charge in [0.25, 0.3) is 5.91 Å². The van der Waals surface area contributed by atoms with Gasteiger partial charge in [-0.25, -0.2) is 0 Å². The third kappa shape index (κ3) is 3.33. The van der Waals surface area contributed by atoms with Crippen LogP contribution in [0.4, 0.5) is 0 Å². The number of aryl methyl sites for hydroxylation is 1. The number of ether oxygens (including phenoxy) is 2. The number of benzene rings is 1. The molecule has 104 valence electrons. The Balaban J connectivity index is 2.02. The Hall–Kier alpha value is -1.39. The summed E-state index contributed by atoms with van der Waals surface area (Å²) in [5.41, 5.74) is 3.59. The highest BCUT2D eigenvalue weighted by Gasteiger charge is 2.24. The van der Waals surface area contributed by atoms with E-state index in [1.165, 1.54) is 11.1 Å². The van der Waals surface area contributed by atoms with E-state index in [1.54, 1.807) is 0 Å². The Morgan fingerprint density at radius 1 is 1.37 bits per heavy atom. The first-order chi connectivity index (χ1) is 9.09. The van der Waals surface area contributed by atoms with Gasteiger partial charge in [0.15, 0.2) is 6.10 Å². The number of nitrogens with one attached hydrogen (secondary N) is 1. The largest absolute Gasteiger partial charge is 0.376 e. The highest BCUT2D eigenvalue weighted by atomic mass is 16.6. The second-order valence-electron chi connectivity index (χ2n) is 4.95. The van der Waals surface area contributed by atoms with Gasteiger partial charge in [0, 0.05) is 0 Å². The maximum Gasteiger partial charge on any atom is 0.252 e. The Labute approximate surface area is 114 Å². The molecule has 1 saturated heterocycles. The van der Waals surface area contributed by atoms with E-state index in [2.05, 4.69) is 25.2 Å². The van der Waals surface area contributed by atoms with E-state index >= 15 is 0 Å². The second-order valence-corrected chi connectivity index (χ2v) is 4.95. The molecule has 0 aromatic heterocycles. The number of carbonyl (C=O) groups excluding carboxylic acids is 1. The maximum atomic E-state index is 12.1. The molecule has 1 aliphatic rings. The van der Waals surface area contributed by atoms with Gasteiger partial charge in [-0.2, -0.15) is 0 Å². The molecule has 0 bridgehead atoms. The molecule has 0 spiro atoms. The van der Waals surface area contributed by atoms with Gasteiger partial charge in [-0.05, 0) is 37.5 Å². The summed E-state index contributed by atoms with van der Waals surface area (Å²) in [6, 6.07) is 6.11. The van der Waals surface area contributed by atoms with E-state index in [-0.39, 0.29) is 11.9 Å². The SMILES string of the molecule is Cc1cccc(C(C)NC(=O)C2COCCO2)c1C. The zero-order chi connectivity index (χ0) is 13.8. The van der Waals surface area contributed by atoms with Crippen LogP contribution >= 0.6 is 0 Å². The highest BCUT2D eigenvalue weighted by Crippen LogP contribution is 2.20. The van der Waals surface area contributed by atoms with Crippen LogP contribution < -0.4 is 5.32 Å². The van der Waals surface area contributed by atoms with E-state index in [0.29, 0.717) is 19.8 Å². The number of hydrogen-bond donors (Lipinski definition) is 1. The fraction of sp³-hybridized carbons (Fsp3) is 0.533. The minimum Gasteiger partial charge on any atom is -0.376 e.